The highest BCUT2D eigenvalue weighted by molar-refractivity contribution is 5.93. The lowest BCUT2D eigenvalue weighted by Crippen LogP contribution is -2.37. The van der Waals surface area contributed by atoms with Crippen LogP contribution in [0, 0.1) is 5.92 Å². The van der Waals surface area contributed by atoms with Crippen LogP contribution in [0.1, 0.15) is 46.0 Å². The summed E-state index contributed by atoms with van der Waals surface area (Å²) >= 11 is 0. The summed E-state index contributed by atoms with van der Waals surface area (Å²) in [4.78, 5) is 30.2. The van der Waals surface area contributed by atoms with E-state index < -0.39 is 6.04 Å². The maximum Gasteiger partial charge on any atom is 0.248 e. The molecule has 1 saturated heterocycles. The zero-order chi connectivity index (χ0) is 17.5. The zero-order valence-electron chi connectivity index (χ0n) is 14.6. The first-order valence-corrected chi connectivity index (χ1v) is 8.69. The number of carbonyl (C=O) groups is 2. The van der Waals surface area contributed by atoms with E-state index in [1.165, 1.54) is 23.9 Å². The van der Waals surface area contributed by atoms with E-state index in [9.17, 15) is 9.59 Å². The minimum absolute atomic E-state index is 0.0381. The van der Waals surface area contributed by atoms with Gasteiger partial charge in [0.25, 0.3) is 0 Å². The molecule has 8 heteroatoms. The van der Waals surface area contributed by atoms with Gasteiger partial charge in [-0.15, -0.1) is 5.10 Å². The molecule has 2 heterocycles. The van der Waals surface area contributed by atoms with Crippen LogP contribution in [0.4, 0.5) is 5.95 Å². The molecule has 134 valence electrons. The van der Waals surface area contributed by atoms with Gasteiger partial charge in [-0.25, -0.2) is 9.67 Å². The van der Waals surface area contributed by atoms with Crippen LogP contribution in [0.3, 0.4) is 0 Å². The van der Waals surface area contributed by atoms with Gasteiger partial charge >= 0.3 is 0 Å². The van der Waals surface area contributed by atoms with Crippen molar-refractivity contribution < 1.29 is 9.59 Å². The molecule has 0 radical (unpaired) electrons. The minimum Gasteiger partial charge on any atom is -0.341 e. The van der Waals surface area contributed by atoms with Crippen molar-refractivity contribution >= 4 is 17.8 Å². The first-order valence-electron chi connectivity index (χ1n) is 8.69. The molecule has 0 unspecified atom stereocenters. The van der Waals surface area contributed by atoms with Crippen LogP contribution < -0.4 is 11.1 Å². The van der Waals surface area contributed by atoms with Crippen LogP contribution in [0.5, 0.6) is 0 Å². The molecule has 0 bridgehead atoms. The molecule has 1 aromatic heterocycles. The second-order valence-corrected chi connectivity index (χ2v) is 6.79. The third kappa shape index (κ3) is 5.59. The van der Waals surface area contributed by atoms with Crippen LogP contribution >= 0.6 is 0 Å². The quantitative estimate of drug-likeness (QED) is 0.806. The number of hydrogen-bond donors (Lipinski definition) is 2. The van der Waals surface area contributed by atoms with Crippen molar-refractivity contribution in [3.8, 4) is 0 Å². The van der Waals surface area contributed by atoms with E-state index in [2.05, 4.69) is 15.4 Å². The largest absolute Gasteiger partial charge is 0.341 e. The molecule has 1 aromatic rings. The Kier molecular flexibility index (Phi) is 6.72. The summed E-state index contributed by atoms with van der Waals surface area (Å²) in [5.74, 6) is 0.252. The molecule has 0 saturated carbocycles. The predicted octanol–water partition coefficient (Wildman–Crippen LogP) is 0.993. The van der Waals surface area contributed by atoms with Gasteiger partial charge in [0.1, 0.15) is 12.9 Å². The monoisotopic (exact) mass is 336 g/mol. The van der Waals surface area contributed by atoms with Crippen molar-refractivity contribution in [3.05, 3.63) is 6.33 Å². The first-order chi connectivity index (χ1) is 11.5. The first kappa shape index (κ1) is 18.4. The van der Waals surface area contributed by atoms with Gasteiger partial charge in [0.2, 0.25) is 17.8 Å². The summed E-state index contributed by atoms with van der Waals surface area (Å²) in [5, 5.41) is 6.74. The normalized spacial score (nSPS) is 16.8. The summed E-state index contributed by atoms with van der Waals surface area (Å²) in [6, 6.07) is -0.587. The maximum atomic E-state index is 12.3. The summed E-state index contributed by atoms with van der Waals surface area (Å²) in [7, 11) is 0. The number of hydrogen-bond acceptors (Lipinski definition) is 5. The summed E-state index contributed by atoms with van der Waals surface area (Å²) < 4.78 is 1.46. The molecule has 24 heavy (non-hydrogen) atoms. The van der Waals surface area contributed by atoms with E-state index in [0.717, 1.165) is 25.9 Å². The molecule has 0 spiro atoms. The highest BCUT2D eigenvalue weighted by Gasteiger charge is 2.18. The molecule has 8 nitrogen and oxygen atoms in total. The molecule has 1 aliphatic rings. The molecule has 0 aliphatic carbocycles. The average Bonchev–Trinajstić information content (AvgIpc) is 2.78. The molecule has 1 atom stereocenters. The number of carbonyl (C=O) groups excluding carboxylic acids is 2. The summed E-state index contributed by atoms with van der Waals surface area (Å²) in [6.45, 7) is 5.77. The van der Waals surface area contributed by atoms with Gasteiger partial charge in [0, 0.05) is 13.1 Å². The van der Waals surface area contributed by atoms with Crippen molar-refractivity contribution in [1.82, 2.24) is 19.7 Å². The number of rotatable bonds is 6. The fraction of sp³-hybridized carbons (Fsp3) is 0.750. The number of anilines is 1. The zero-order valence-corrected chi connectivity index (χ0v) is 14.6. The Balaban J connectivity index is 1.86. The molecule has 2 rings (SSSR count). The van der Waals surface area contributed by atoms with Crippen LogP contribution in [0.2, 0.25) is 0 Å². The number of likely N-dealkylation sites (tertiary alicyclic amines) is 1. The van der Waals surface area contributed by atoms with E-state index >= 15 is 0 Å². The predicted molar refractivity (Wildman–Crippen MR) is 91.1 cm³/mol. The van der Waals surface area contributed by atoms with Crippen LogP contribution in [0.15, 0.2) is 6.33 Å². The van der Waals surface area contributed by atoms with Gasteiger partial charge in [-0.05, 0) is 25.2 Å². The number of nitrogens with zero attached hydrogens (tertiary/aromatic N) is 4. The third-order valence-corrected chi connectivity index (χ3v) is 4.09. The van der Waals surface area contributed by atoms with E-state index in [0.29, 0.717) is 12.3 Å². The Morgan fingerprint density at radius 3 is 2.54 bits per heavy atom. The Labute approximate surface area is 142 Å². The fourth-order valence-electron chi connectivity index (χ4n) is 2.80. The fourth-order valence-corrected chi connectivity index (χ4v) is 2.80. The number of nitrogens with two attached hydrogens (primary N) is 1. The Bertz CT molecular complexity index is 549. The van der Waals surface area contributed by atoms with Gasteiger partial charge in [-0.3, -0.25) is 14.9 Å². The molecular formula is C16H28N6O2. The number of nitrogens with one attached hydrogen (secondary N) is 1. The standard InChI is InChI=1S/C16H28N6O2/c1-12(2)9-13(17)15(24)19-16-18-11-22(20-16)10-14(23)21-7-5-3-4-6-8-21/h11-13H,3-10,17H2,1-2H3,(H,19,20,24)/t13-/m0/s1. The second-order valence-electron chi connectivity index (χ2n) is 6.79. The molecule has 2 amide bonds. The highest BCUT2D eigenvalue weighted by Crippen LogP contribution is 2.10. The molecule has 3 N–H and O–H groups in total. The lowest BCUT2D eigenvalue weighted by molar-refractivity contribution is -0.132. The second kappa shape index (κ2) is 8.77. The topological polar surface area (TPSA) is 106 Å². The van der Waals surface area contributed by atoms with Crippen molar-refractivity contribution in [2.75, 3.05) is 18.4 Å². The summed E-state index contributed by atoms with van der Waals surface area (Å²) in [5.41, 5.74) is 5.83. The van der Waals surface area contributed by atoms with Gasteiger partial charge < -0.3 is 10.6 Å². The third-order valence-electron chi connectivity index (χ3n) is 4.09. The maximum absolute atomic E-state index is 12.3. The van der Waals surface area contributed by atoms with Crippen molar-refractivity contribution in [2.45, 2.75) is 58.5 Å². The van der Waals surface area contributed by atoms with Crippen molar-refractivity contribution in [2.24, 2.45) is 11.7 Å². The number of amides is 2. The lowest BCUT2D eigenvalue weighted by Gasteiger charge is -2.19. The van der Waals surface area contributed by atoms with Crippen molar-refractivity contribution in [3.63, 3.8) is 0 Å². The van der Waals surface area contributed by atoms with E-state index in [1.54, 1.807) is 0 Å². The van der Waals surface area contributed by atoms with Crippen LogP contribution in [-0.4, -0.2) is 50.6 Å². The molecular weight excluding hydrogens is 308 g/mol. The average molecular weight is 336 g/mol. The SMILES string of the molecule is CC(C)C[C@H](N)C(=O)Nc1ncn(CC(=O)N2CCCCCC2)n1. The van der Waals surface area contributed by atoms with Gasteiger partial charge in [-0.2, -0.15) is 0 Å². The lowest BCUT2D eigenvalue weighted by atomic mass is 10.0. The minimum atomic E-state index is -0.587. The Morgan fingerprint density at radius 2 is 1.92 bits per heavy atom. The smallest absolute Gasteiger partial charge is 0.248 e. The van der Waals surface area contributed by atoms with Crippen molar-refractivity contribution in [1.29, 1.82) is 0 Å². The number of aromatic nitrogens is 3. The van der Waals surface area contributed by atoms with Gasteiger partial charge in [0.15, 0.2) is 0 Å². The van der Waals surface area contributed by atoms with E-state index in [4.69, 9.17) is 5.73 Å². The highest BCUT2D eigenvalue weighted by atomic mass is 16.2. The Hall–Kier alpha value is -1.96. The van der Waals surface area contributed by atoms with Crippen LogP contribution in [0.25, 0.3) is 0 Å². The van der Waals surface area contributed by atoms with E-state index in [-0.39, 0.29) is 24.3 Å². The van der Waals surface area contributed by atoms with Gasteiger partial charge in [-0.1, -0.05) is 26.7 Å². The molecule has 1 fully saturated rings. The summed E-state index contributed by atoms with van der Waals surface area (Å²) in [6.07, 6.45) is 6.52. The van der Waals surface area contributed by atoms with Gasteiger partial charge in [0.05, 0.1) is 6.04 Å². The molecule has 0 aromatic carbocycles. The van der Waals surface area contributed by atoms with Crippen LogP contribution in [-0.2, 0) is 16.1 Å². The van der Waals surface area contributed by atoms with E-state index in [1.807, 2.05) is 18.7 Å². The Morgan fingerprint density at radius 1 is 1.25 bits per heavy atom. The molecule has 1 aliphatic heterocycles.